The Bertz CT molecular complexity index is 972. The zero-order valence-electron chi connectivity index (χ0n) is 15.6. The zero-order chi connectivity index (χ0) is 20.3. The standard InChI is InChI=1S/C19H21BrN2O5S/c1-26-17-7-6-14(12-18(17)27-2)19(23)21-8-10-22(11-9-21)28(24,25)16-5-3-4-15(20)13-16/h3-7,12-13H,8-11H2,1-2H3. The van der Waals surface area contributed by atoms with Crippen molar-refractivity contribution in [1.29, 1.82) is 0 Å². The lowest BCUT2D eigenvalue weighted by molar-refractivity contribution is 0.0697. The molecule has 1 aliphatic heterocycles. The molecule has 0 N–H and O–H groups in total. The van der Waals surface area contributed by atoms with Crippen LogP contribution in [0.5, 0.6) is 11.5 Å². The first-order chi connectivity index (χ1) is 13.4. The summed E-state index contributed by atoms with van der Waals surface area (Å²) in [6.45, 7) is 1.13. The molecule has 28 heavy (non-hydrogen) atoms. The van der Waals surface area contributed by atoms with Gasteiger partial charge in [0.15, 0.2) is 11.5 Å². The van der Waals surface area contributed by atoms with Crippen LogP contribution in [0.3, 0.4) is 0 Å². The number of sulfonamides is 1. The molecule has 0 radical (unpaired) electrons. The monoisotopic (exact) mass is 468 g/mol. The Kier molecular flexibility index (Phi) is 6.26. The SMILES string of the molecule is COc1ccc(C(=O)N2CCN(S(=O)(=O)c3cccc(Br)c3)CC2)cc1OC. The van der Waals surface area contributed by atoms with Crippen LogP contribution in [0, 0.1) is 0 Å². The summed E-state index contributed by atoms with van der Waals surface area (Å²) in [5, 5.41) is 0. The van der Waals surface area contributed by atoms with Crippen molar-refractivity contribution in [3.63, 3.8) is 0 Å². The fourth-order valence-electron chi connectivity index (χ4n) is 3.06. The molecule has 9 heteroatoms. The molecule has 0 bridgehead atoms. The molecule has 0 saturated carbocycles. The van der Waals surface area contributed by atoms with E-state index in [1.54, 1.807) is 47.4 Å². The summed E-state index contributed by atoms with van der Waals surface area (Å²) in [4.78, 5) is 14.7. The molecular formula is C19H21BrN2O5S. The van der Waals surface area contributed by atoms with Crippen LogP contribution in [0.15, 0.2) is 51.8 Å². The van der Waals surface area contributed by atoms with E-state index < -0.39 is 10.0 Å². The van der Waals surface area contributed by atoms with Gasteiger partial charge in [0.1, 0.15) is 0 Å². The van der Waals surface area contributed by atoms with E-state index in [1.165, 1.54) is 18.5 Å². The van der Waals surface area contributed by atoms with Gasteiger partial charge < -0.3 is 14.4 Å². The lowest BCUT2D eigenvalue weighted by atomic mass is 10.1. The zero-order valence-corrected chi connectivity index (χ0v) is 18.0. The Balaban J connectivity index is 1.70. The molecule has 2 aromatic rings. The average molecular weight is 469 g/mol. The molecule has 1 fully saturated rings. The molecule has 3 rings (SSSR count). The highest BCUT2D eigenvalue weighted by atomic mass is 79.9. The van der Waals surface area contributed by atoms with Crippen LogP contribution in [0.25, 0.3) is 0 Å². The quantitative estimate of drug-likeness (QED) is 0.673. The van der Waals surface area contributed by atoms with E-state index in [0.717, 1.165) is 0 Å². The minimum absolute atomic E-state index is 0.166. The van der Waals surface area contributed by atoms with E-state index in [0.29, 0.717) is 34.6 Å². The topological polar surface area (TPSA) is 76.2 Å². The van der Waals surface area contributed by atoms with Gasteiger partial charge in [-0.2, -0.15) is 4.31 Å². The number of carbonyl (C=O) groups excluding carboxylic acids is 1. The average Bonchev–Trinajstić information content (AvgIpc) is 2.72. The predicted octanol–water partition coefficient (Wildman–Crippen LogP) is 2.61. The third kappa shape index (κ3) is 4.16. The summed E-state index contributed by atoms with van der Waals surface area (Å²) in [5.74, 6) is 0.855. The van der Waals surface area contributed by atoms with Gasteiger partial charge in [-0.25, -0.2) is 8.42 Å². The van der Waals surface area contributed by atoms with E-state index in [1.807, 2.05) is 0 Å². The Morgan fingerprint density at radius 3 is 2.25 bits per heavy atom. The summed E-state index contributed by atoms with van der Waals surface area (Å²) in [7, 11) is -0.546. The lowest BCUT2D eigenvalue weighted by Gasteiger charge is -2.34. The Morgan fingerprint density at radius 1 is 0.964 bits per heavy atom. The highest BCUT2D eigenvalue weighted by Gasteiger charge is 2.30. The number of benzene rings is 2. The van der Waals surface area contributed by atoms with Crippen LogP contribution in [-0.2, 0) is 10.0 Å². The Hall–Kier alpha value is -2.10. The van der Waals surface area contributed by atoms with Crippen LogP contribution in [0.2, 0.25) is 0 Å². The highest BCUT2D eigenvalue weighted by molar-refractivity contribution is 9.10. The Morgan fingerprint density at radius 2 is 1.64 bits per heavy atom. The third-order valence-corrected chi connectivity index (χ3v) is 6.98. The van der Waals surface area contributed by atoms with E-state index in [4.69, 9.17) is 9.47 Å². The van der Waals surface area contributed by atoms with Gasteiger partial charge in [0.05, 0.1) is 19.1 Å². The first kappa shape index (κ1) is 20.6. The second-order valence-electron chi connectivity index (χ2n) is 6.22. The minimum Gasteiger partial charge on any atom is -0.493 e. The highest BCUT2D eigenvalue weighted by Crippen LogP contribution is 2.28. The smallest absolute Gasteiger partial charge is 0.254 e. The molecule has 1 saturated heterocycles. The van der Waals surface area contributed by atoms with Crippen LogP contribution in [0.4, 0.5) is 0 Å². The van der Waals surface area contributed by atoms with Crippen LogP contribution in [0.1, 0.15) is 10.4 Å². The van der Waals surface area contributed by atoms with Crippen LogP contribution in [-0.4, -0.2) is 63.9 Å². The van der Waals surface area contributed by atoms with Crippen molar-refractivity contribution in [3.8, 4) is 11.5 Å². The number of rotatable bonds is 5. The largest absolute Gasteiger partial charge is 0.493 e. The van der Waals surface area contributed by atoms with Crippen molar-refractivity contribution in [2.75, 3.05) is 40.4 Å². The lowest BCUT2D eigenvalue weighted by Crippen LogP contribution is -2.50. The number of halogens is 1. The van der Waals surface area contributed by atoms with Gasteiger partial charge >= 0.3 is 0 Å². The van der Waals surface area contributed by atoms with Crippen molar-refractivity contribution < 1.29 is 22.7 Å². The maximum absolute atomic E-state index is 12.8. The molecule has 7 nitrogen and oxygen atoms in total. The number of nitrogens with zero attached hydrogens (tertiary/aromatic N) is 2. The van der Waals surface area contributed by atoms with Gasteiger partial charge in [-0.3, -0.25) is 4.79 Å². The molecule has 0 unspecified atom stereocenters. The maximum Gasteiger partial charge on any atom is 0.254 e. The Labute approximate surface area is 173 Å². The summed E-state index contributed by atoms with van der Waals surface area (Å²) in [6, 6.07) is 11.6. The molecule has 1 aliphatic rings. The summed E-state index contributed by atoms with van der Waals surface area (Å²) < 4.78 is 38.2. The van der Waals surface area contributed by atoms with E-state index in [9.17, 15) is 13.2 Å². The summed E-state index contributed by atoms with van der Waals surface area (Å²) >= 11 is 3.30. The van der Waals surface area contributed by atoms with Crippen molar-refractivity contribution in [1.82, 2.24) is 9.21 Å². The van der Waals surface area contributed by atoms with E-state index >= 15 is 0 Å². The molecule has 0 aromatic heterocycles. The number of ether oxygens (including phenoxy) is 2. The number of carbonyl (C=O) groups is 1. The van der Waals surface area contributed by atoms with Crippen molar-refractivity contribution in [2.45, 2.75) is 4.90 Å². The van der Waals surface area contributed by atoms with Crippen LogP contribution >= 0.6 is 15.9 Å². The molecule has 0 spiro atoms. The van der Waals surface area contributed by atoms with Crippen molar-refractivity contribution >= 4 is 31.9 Å². The second kappa shape index (κ2) is 8.50. The summed E-state index contributed by atoms with van der Waals surface area (Å²) in [6.07, 6.45) is 0. The van der Waals surface area contributed by atoms with Gasteiger partial charge in [0.25, 0.3) is 5.91 Å². The predicted molar refractivity (Wildman–Crippen MR) is 108 cm³/mol. The van der Waals surface area contributed by atoms with Crippen molar-refractivity contribution in [3.05, 3.63) is 52.5 Å². The van der Waals surface area contributed by atoms with E-state index in [-0.39, 0.29) is 23.9 Å². The number of methoxy groups -OCH3 is 2. The molecule has 2 aromatic carbocycles. The molecule has 1 heterocycles. The first-order valence-electron chi connectivity index (χ1n) is 8.64. The second-order valence-corrected chi connectivity index (χ2v) is 9.08. The van der Waals surface area contributed by atoms with Crippen LogP contribution < -0.4 is 9.47 Å². The number of hydrogen-bond acceptors (Lipinski definition) is 5. The fourth-order valence-corrected chi connectivity index (χ4v) is 5.08. The molecule has 0 aliphatic carbocycles. The number of piperazine rings is 1. The van der Waals surface area contributed by atoms with Crippen molar-refractivity contribution in [2.24, 2.45) is 0 Å². The summed E-state index contributed by atoms with van der Waals surface area (Å²) in [5.41, 5.74) is 0.473. The number of amides is 1. The first-order valence-corrected chi connectivity index (χ1v) is 10.9. The van der Waals surface area contributed by atoms with Gasteiger partial charge in [0, 0.05) is 36.2 Å². The van der Waals surface area contributed by atoms with Gasteiger partial charge in [-0.1, -0.05) is 22.0 Å². The molecule has 1 amide bonds. The van der Waals surface area contributed by atoms with Gasteiger partial charge in [0.2, 0.25) is 10.0 Å². The molecule has 0 atom stereocenters. The van der Waals surface area contributed by atoms with Gasteiger partial charge in [-0.05, 0) is 36.4 Å². The molecular weight excluding hydrogens is 448 g/mol. The number of hydrogen-bond donors (Lipinski definition) is 0. The maximum atomic E-state index is 12.8. The van der Waals surface area contributed by atoms with Gasteiger partial charge in [-0.15, -0.1) is 0 Å². The third-order valence-electron chi connectivity index (χ3n) is 4.59. The molecule has 150 valence electrons. The normalized spacial score (nSPS) is 15.3. The minimum atomic E-state index is -3.59. The fraction of sp³-hybridized carbons (Fsp3) is 0.316. The van der Waals surface area contributed by atoms with E-state index in [2.05, 4.69) is 15.9 Å².